The number of H-pyrrole nitrogens is 1. The Labute approximate surface area is 150 Å². The normalized spacial score (nSPS) is 12.2. The Balaban J connectivity index is 1.73. The number of aromatic amines is 1. The molecule has 26 heavy (non-hydrogen) atoms. The predicted octanol–water partition coefficient (Wildman–Crippen LogP) is 2.57. The van der Waals surface area contributed by atoms with E-state index in [4.69, 9.17) is 0 Å². The number of nitrogens with zero attached hydrogens (tertiary/aromatic N) is 1. The van der Waals surface area contributed by atoms with Crippen LogP contribution in [0.2, 0.25) is 0 Å². The molecule has 138 valence electrons. The number of hydrogen-bond donors (Lipinski definition) is 2. The SMILES string of the molecule is CC(C)c1ccc(S(=O)(=O)NCCn2c(=O)[nH]c3cc(F)ccc32)cc1. The van der Waals surface area contributed by atoms with E-state index in [1.165, 1.54) is 22.8 Å². The number of nitrogens with one attached hydrogen (secondary N) is 2. The first-order valence-electron chi connectivity index (χ1n) is 8.25. The van der Waals surface area contributed by atoms with Gasteiger partial charge >= 0.3 is 5.69 Å². The molecule has 8 heteroatoms. The third-order valence-electron chi connectivity index (χ3n) is 4.22. The van der Waals surface area contributed by atoms with E-state index in [1.807, 2.05) is 13.8 Å². The highest BCUT2D eigenvalue weighted by Crippen LogP contribution is 2.17. The van der Waals surface area contributed by atoms with Crippen LogP contribution in [0.1, 0.15) is 25.3 Å². The van der Waals surface area contributed by atoms with E-state index in [9.17, 15) is 17.6 Å². The van der Waals surface area contributed by atoms with Gasteiger partial charge in [0.05, 0.1) is 15.9 Å². The van der Waals surface area contributed by atoms with Crippen LogP contribution in [0, 0.1) is 5.82 Å². The number of imidazole rings is 1. The average Bonchev–Trinajstić information content (AvgIpc) is 2.89. The number of fused-ring (bicyclic) bond motifs is 1. The summed E-state index contributed by atoms with van der Waals surface area (Å²) in [5.41, 5.74) is 1.55. The van der Waals surface area contributed by atoms with Gasteiger partial charge in [-0.05, 0) is 41.8 Å². The summed E-state index contributed by atoms with van der Waals surface area (Å²) in [4.78, 5) is 14.7. The molecule has 0 aliphatic rings. The topological polar surface area (TPSA) is 84.0 Å². The Morgan fingerprint density at radius 1 is 1.15 bits per heavy atom. The first-order chi connectivity index (χ1) is 12.3. The quantitative estimate of drug-likeness (QED) is 0.692. The second-order valence-corrected chi connectivity index (χ2v) is 8.13. The number of rotatable bonds is 6. The Kier molecular flexibility index (Phi) is 4.97. The van der Waals surface area contributed by atoms with Crippen molar-refractivity contribution in [1.29, 1.82) is 0 Å². The second-order valence-electron chi connectivity index (χ2n) is 6.36. The molecule has 0 spiro atoms. The van der Waals surface area contributed by atoms with Crippen LogP contribution in [0.3, 0.4) is 0 Å². The van der Waals surface area contributed by atoms with E-state index in [0.29, 0.717) is 17.0 Å². The lowest BCUT2D eigenvalue weighted by Crippen LogP contribution is -2.30. The van der Waals surface area contributed by atoms with Crippen molar-refractivity contribution in [2.75, 3.05) is 6.54 Å². The van der Waals surface area contributed by atoms with Gasteiger partial charge in [-0.15, -0.1) is 0 Å². The molecule has 1 aromatic heterocycles. The van der Waals surface area contributed by atoms with Crippen molar-refractivity contribution in [3.05, 3.63) is 64.3 Å². The van der Waals surface area contributed by atoms with Gasteiger partial charge in [-0.1, -0.05) is 26.0 Å². The molecule has 3 aromatic rings. The van der Waals surface area contributed by atoms with Crippen LogP contribution in [-0.2, 0) is 16.6 Å². The van der Waals surface area contributed by atoms with Crippen LogP contribution >= 0.6 is 0 Å². The smallest absolute Gasteiger partial charge is 0.305 e. The molecule has 0 bridgehead atoms. The van der Waals surface area contributed by atoms with Gasteiger partial charge in [0.2, 0.25) is 10.0 Å². The lowest BCUT2D eigenvalue weighted by molar-refractivity contribution is 0.572. The van der Waals surface area contributed by atoms with Crippen LogP contribution in [0.4, 0.5) is 4.39 Å². The molecule has 0 atom stereocenters. The zero-order valence-corrected chi connectivity index (χ0v) is 15.3. The van der Waals surface area contributed by atoms with Crippen molar-refractivity contribution in [2.45, 2.75) is 31.2 Å². The number of hydrogen-bond acceptors (Lipinski definition) is 3. The molecule has 0 aliphatic carbocycles. The fourth-order valence-electron chi connectivity index (χ4n) is 2.76. The van der Waals surface area contributed by atoms with E-state index in [0.717, 1.165) is 5.56 Å². The maximum absolute atomic E-state index is 13.2. The van der Waals surface area contributed by atoms with Crippen LogP contribution in [-0.4, -0.2) is 24.5 Å². The van der Waals surface area contributed by atoms with Gasteiger partial charge < -0.3 is 4.98 Å². The van der Waals surface area contributed by atoms with Gasteiger partial charge in [0, 0.05) is 13.1 Å². The molecular formula is C18H20FN3O3S. The van der Waals surface area contributed by atoms with Gasteiger partial charge in [0.15, 0.2) is 0 Å². The Morgan fingerprint density at radius 2 is 1.85 bits per heavy atom. The van der Waals surface area contributed by atoms with Crippen molar-refractivity contribution in [1.82, 2.24) is 14.3 Å². The van der Waals surface area contributed by atoms with E-state index in [2.05, 4.69) is 9.71 Å². The molecule has 2 N–H and O–H groups in total. The molecule has 0 aliphatic heterocycles. The van der Waals surface area contributed by atoms with Crippen LogP contribution < -0.4 is 10.4 Å². The monoisotopic (exact) mass is 377 g/mol. The Bertz CT molecular complexity index is 1080. The fourth-order valence-corrected chi connectivity index (χ4v) is 3.79. The van der Waals surface area contributed by atoms with E-state index in [1.54, 1.807) is 24.3 Å². The summed E-state index contributed by atoms with van der Waals surface area (Å²) in [7, 11) is -3.66. The zero-order valence-electron chi connectivity index (χ0n) is 14.5. The van der Waals surface area contributed by atoms with E-state index in [-0.39, 0.29) is 18.0 Å². The average molecular weight is 377 g/mol. The van der Waals surface area contributed by atoms with Gasteiger partial charge in [-0.2, -0.15) is 0 Å². The minimum absolute atomic E-state index is 0.0402. The molecular weight excluding hydrogens is 357 g/mol. The molecule has 0 fully saturated rings. The summed E-state index contributed by atoms with van der Waals surface area (Å²) in [6, 6.07) is 10.7. The third kappa shape index (κ3) is 3.71. The summed E-state index contributed by atoms with van der Waals surface area (Å²) in [6.07, 6.45) is 0. The van der Waals surface area contributed by atoms with Crippen molar-refractivity contribution < 1.29 is 12.8 Å². The first-order valence-corrected chi connectivity index (χ1v) is 9.74. The van der Waals surface area contributed by atoms with E-state index >= 15 is 0 Å². The molecule has 0 amide bonds. The van der Waals surface area contributed by atoms with Gasteiger partial charge in [0.25, 0.3) is 0 Å². The van der Waals surface area contributed by atoms with Gasteiger partial charge in [-0.25, -0.2) is 22.3 Å². The third-order valence-corrected chi connectivity index (χ3v) is 5.70. The second kappa shape index (κ2) is 7.05. The standard InChI is InChI=1S/C18H20FN3O3S/c1-12(2)13-3-6-15(7-4-13)26(24,25)20-9-10-22-17-8-5-14(19)11-16(17)21-18(22)23/h3-8,11-12,20H,9-10H2,1-2H3,(H,21,23). The van der Waals surface area contributed by atoms with Crippen molar-refractivity contribution >= 4 is 21.1 Å². The Morgan fingerprint density at radius 3 is 2.50 bits per heavy atom. The predicted molar refractivity (Wildman–Crippen MR) is 98.2 cm³/mol. The molecule has 0 unspecified atom stereocenters. The van der Waals surface area contributed by atoms with Gasteiger partial charge in [-0.3, -0.25) is 4.57 Å². The summed E-state index contributed by atoms with van der Waals surface area (Å²) in [5, 5.41) is 0. The molecule has 0 radical (unpaired) electrons. The van der Waals surface area contributed by atoms with Crippen LogP contribution in [0.25, 0.3) is 11.0 Å². The fraction of sp³-hybridized carbons (Fsp3) is 0.278. The molecule has 3 rings (SSSR count). The number of aromatic nitrogens is 2. The molecule has 0 saturated carbocycles. The lowest BCUT2D eigenvalue weighted by atomic mass is 10.0. The summed E-state index contributed by atoms with van der Waals surface area (Å²) in [5.74, 6) is -0.130. The largest absolute Gasteiger partial charge is 0.326 e. The number of halogens is 1. The highest BCUT2D eigenvalue weighted by Gasteiger charge is 2.14. The first kappa shape index (κ1) is 18.3. The van der Waals surface area contributed by atoms with Crippen LogP contribution in [0.5, 0.6) is 0 Å². The van der Waals surface area contributed by atoms with Crippen molar-refractivity contribution in [3.63, 3.8) is 0 Å². The van der Waals surface area contributed by atoms with Crippen molar-refractivity contribution in [3.8, 4) is 0 Å². The minimum atomic E-state index is -3.66. The van der Waals surface area contributed by atoms with Crippen molar-refractivity contribution in [2.24, 2.45) is 0 Å². The number of sulfonamides is 1. The number of benzene rings is 2. The summed E-state index contributed by atoms with van der Waals surface area (Å²) in [6.45, 7) is 4.24. The zero-order chi connectivity index (χ0) is 18.9. The van der Waals surface area contributed by atoms with Crippen LogP contribution in [0.15, 0.2) is 52.2 Å². The van der Waals surface area contributed by atoms with Gasteiger partial charge in [0.1, 0.15) is 5.82 Å². The highest BCUT2D eigenvalue weighted by atomic mass is 32.2. The lowest BCUT2D eigenvalue weighted by Gasteiger charge is -2.09. The Hall–Kier alpha value is -2.45. The maximum Gasteiger partial charge on any atom is 0.326 e. The maximum atomic E-state index is 13.2. The minimum Gasteiger partial charge on any atom is -0.305 e. The molecule has 0 saturated heterocycles. The molecule has 2 aromatic carbocycles. The van der Waals surface area contributed by atoms with E-state index < -0.39 is 21.5 Å². The summed E-state index contributed by atoms with van der Waals surface area (Å²) < 4.78 is 41.9. The highest BCUT2D eigenvalue weighted by molar-refractivity contribution is 7.89. The molecule has 1 heterocycles. The molecule has 6 nitrogen and oxygen atoms in total. The summed E-state index contributed by atoms with van der Waals surface area (Å²) >= 11 is 0.